The number of aliphatic hydroxyl groups excluding tert-OH is 1. The second-order valence-corrected chi connectivity index (χ2v) is 6.23. The van der Waals surface area contributed by atoms with Gasteiger partial charge in [-0.25, -0.2) is 4.79 Å². The largest absolute Gasteiger partial charge is 0.444 e. The monoisotopic (exact) mass is 277 g/mol. The zero-order chi connectivity index (χ0) is 14.8. The molecule has 4 heteroatoms. The molecule has 1 aliphatic heterocycles. The van der Waals surface area contributed by atoms with Crippen molar-refractivity contribution < 1.29 is 14.6 Å². The summed E-state index contributed by atoms with van der Waals surface area (Å²) < 4.78 is 5.48. The highest BCUT2D eigenvalue weighted by Crippen LogP contribution is 2.36. The fraction of sp³-hybridized carbons (Fsp3) is 0.562. The van der Waals surface area contributed by atoms with Crippen LogP contribution < -0.4 is 0 Å². The van der Waals surface area contributed by atoms with Crippen LogP contribution in [0.25, 0.3) is 0 Å². The maximum absolute atomic E-state index is 12.4. The number of hydrogen-bond acceptors (Lipinski definition) is 3. The Morgan fingerprint density at radius 3 is 2.50 bits per heavy atom. The average molecular weight is 277 g/mol. The summed E-state index contributed by atoms with van der Waals surface area (Å²) in [5.41, 5.74) is 0.565. The molecule has 0 bridgehead atoms. The summed E-state index contributed by atoms with van der Waals surface area (Å²) in [6.07, 6.45) is 1.31. The van der Waals surface area contributed by atoms with Crippen LogP contribution in [0.5, 0.6) is 0 Å². The summed E-state index contributed by atoms with van der Waals surface area (Å²) in [5, 5.41) is 9.50. The first-order chi connectivity index (χ1) is 9.42. The number of aliphatic hydroxyl groups is 1. The highest BCUT2D eigenvalue weighted by Gasteiger charge is 2.39. The maximum atomic E-state index is 12.4. The molecule has 0 aromatic heterocycles. The summed E-state index contributed by atoms with van der Waals surface area (Å²) in [6.45, 7) is 5.54. The zero-order valence-electron chi connectivity index (χ0n) is 12.4. The molecule has 1 saturated heterocycles. The predicted octanol–water partition coefficient (Wildman–Crippen LogP) is 3.12. The molecule has 1 N–H and O–H groups in total. The van der Waals surface area contributed by atoms with Crippen LogP contribution in [0.3, 0.4) is 0 Å². The van der Waals surface area contributed by atoms with E-state index in [-0.39, 0.29) is 24.8 Å². The summed E-state index contributed by atoms with van der Waals surface area (Å²) in [5.74, 6) is 0. The van der Waals surface area contributed by atoms with Crippen LogP contribution in [-0.2, 0) is 4.74 Å². The van der Waals surface area contributed by atoms with Crippen molar-refractivity contribution in [3.8, 4) is 0 Å². The Morgan fingerprint density at radius 2 is 1.95 bits per heavy atom. The van der Waals surface area contributed by atoms with Crippen molar-refractivity contribution in [1.29, 1.82) is 0 Å². The van der Waals surface area contributed by atoms with E-state index in [9.17, 15) is 9.90 Å². The first kappa shape index (κ1) is 14.9. The Bertz CT molecular complexity index is 453. The van der Waals surface area contributed by atoms with Crippen molar-refractivity contribution in [1.82, 2.24) is 4.90 Å². The SMILES string of the molecule is CC(C)(C)OC(=O)N1[C@@H](CO)CC[C@H]1c1ccccc1. The third kappa shape index (κ3) is 3.31. The van der Waals surface area contributed by atoms with Gasteiger partial charge in [-0.3, -0.25) is 4.90 Å². The Morgan fingerprint density at radius 1 is 1.30 bits per heavy atom. The van der Waals surface area contributed by atoms with Crippen LogP contribution in [0.4, 0.5) is 4.79 Å². The van der Waals surface area contributed by atoms with Crippen LogP contribution in [0.1, 0.15) is 45.2 Å². The van der Waals surface area contributed by atoms with Gasteiger partial charge >= 0.3 is 6.09 Å². The first-order valence-electron chi connectivity index (χ1n) is 7.09. The van der Waals surface area contributed by atoms with E-state index in [4.69, 9.17) is 4.74 Å². The van der Waals surface area contributed by atoms with Gasteiger partial charge in [0, 0.05) is 0 Å². The van der Waals surface area contributed by atoms with Crippen molar-refractivity contribution >= 4 is 6.09 Å². The third-order valence-electron chi connectivity index (χ3n) is 3.50. The molecule has 20 heavy (non-hydrogen) atoms. The molecule has 0 spiro atoms. The number of amides is 1. The zero-order valence-corrected chi connectivity index (χ0v) is 12.4. The predicted molar refractivity (Wildman–Crippen MR) is 77.4 cm³/mol. The van der Waals surface area contributed by atoms with Gasteiger partial charge in [0.15, 0.2) is 0 Å². The van der Waals surface area contributed by atoms with E-state index >= 15 is 0 Å². The lowest BCUT2D eigenvalue weighted by molar-refractivity contribution is 0.00869. The van der Waals surface area contributed by atoms with E-state index in [1.54, 1.807) is 4.90 Å². The second kappa shape index (κ2) is 5.83. The fourth-order valence-corrected chi connectivity index (χ4v) is 2.66. The van der Waals surface area contributed by atoms with Crippen molar-refractivity contribution in [2.75, 3.05) is 6.61 Å². The topological polar surface area (TPSA) is 49.8 Å². The van der Waals surface area contributed by atoms with E-state index < -0.39 is 5.60 Å². The minimum atomic E-state index is -0.527. The molecule has 1 aromatic rings. The Kier molecular flexibility index (Phi) is 4.33. The third-order valence-corrected chi connectivity index (χ3v) is 3.50. The Labute approximate surface area is 120 Å². The van der Waals surface area contributed by atoms with Crippen LogP contribution in [0.2, 0.25) is 0 Å². The number of carbonyl (C=O) groups excluding carboxylic acids is 1. The average Bonchev–Trinajstić information content (AvgIpc) is 2.81. The minimum absolute atomic E-state index is 0.0109. The number of carbonyl (C=O) groups is 1. The van der Waals surface area contributed by atoms with Crippen LogP contribution in [0, 0.1) is 0 Å². The highest BCUT2D eigenvalue weighted by atomic mass is 16.6. The summed E-state index contributed by atoms with van der Waals surface area (Å²) >= 11 is 0. The van der Waals surface area contributed by atoms with E-state index in [0.29, 0.717) is 0 Å². The van der Waals surface area contributed by atoms with Crippen molar-refractivity contribution in [2.45, 2.75) is 51.3 Å². The van der Waals surface area contributed by atoms with Crippen molar-refractivity contribution in [2.24, 2.45) is 0 Å². The van der Waals surface area contributed by atoms with Crippen LogP contribution >= 0.6 is 0 Å². The van der Waals surface area contributed by atoms with E-state index in [1.807, 2.05) is 51.1 Å². The molecule has 1 heterocycles. The minimum Gasteiger partial charge on any atom is -0.444 e. The van der Waals surface area contributed by atoms with Gasteiger partial charge in [-0.05, 0) is 39.2 Å². The Hall–Kier alpha value is -1.55. The number of rotatable bonds is 2. The molecule has 0 radical (unpaired) electrons. The number of hydrogen-bond donors (Lipinski definition) is 1. The van der Waals surface area contributed by atoms with Crippen molar-refractivity contribution in [3.05, 3.63) is 35.9 Å². The molecule has 2 atom stereocenters. The molecule has 1 amide bonds. The first-order valence-corrected chi connectivity index (χ1v) is 7.09. The molecule has 4 nitrogen and oxygen atoms in total. The lowest BCUT2D eigenvalue weighted by Gasteiger charge is -2.32. The molecule has 1 aliphatic rings. The highest BCUT2D eigenvalue weighted by molar-refractivity contribution is 5.70. The molecule has 0 aliphatic carbocycles. The van der Waals surface area contributed by atoms with Crippen LogP contribution in [-0.4, -0.2) is 34.3 Å². The number of nitrogens with zero attached hydrogens (tertiary/aromatic N) is 1. The number of likely N-dealkylation sites (tertiary alicyclic amines) is 1. The molecule has 0 saturated carbocycles. The fourth-order valence-electron chi connectivity index (χ4n) is 2.66. The lowest BCUT2D eigenvalue weighted by Crippen LogP contribution is -2.42. The molecular weight excluding hydrogens is 254 g/mol. The van der Waals surface area contributed by atoms with Gasteiger partial charge in [-0.2, -0.15) is 0 Å². The number of benzene rings is 1. The molecule has 1 fully saturated rings. The van der Waals surface area contributed by atoms with E-state index in [0.717, 1.165) is 18.4 Å². The smallest absolute Gasteiger partial charge is 0.411 e. The van der Waals surface area contributed by atoms with Gasteiger partial charge in [-0.15, -0.1) is 0 Å². The number of ether oxygens (including phenoxy) is 1. The van der Waals surface area contributed by atoms with Gasteiger partial charge < -0.3 is 9.84 Å². The standard InChI is InChI=1S/C16H23NO3/c1-16(2,3)20-15(19)17-13(11-18)9-10-14(17)12-7-5-4-6-8-12/h4-8,13-14,18H,9-11H2,1-3H3/t13-,14+/m1/s1. The molecule has 0 unspecified atom stereocenters. The molecular formula is C16H23NO3. The van der Waals surface area contributed by atoms with Gasteiger partial charge in [0.2, 0.25) is 0 Å². The van der Waals surface area contributed by atoms with E-state index in [1.165, 1.54) is 0 Å². The van der Waals surface area contributed by atoms with Crippen molar-refractivity contribution in [3.63, 3.8) is 0 Å². The normalized spacial score (nSPS) is 22.9. The maximum Gasteiger partial charge on any atom is 0.411 e. The van der Waals surface area contributed by atoms with Gasteiger partial charge in [-0.1, -0.05) is 30.3 Å². The molecule has 2 rings (SSSR count). The van der Waals surface area contributed by atoms with Gasteiger partial charge in [0.05, 0.1) is 18.7 Å². The van der Waals surface area contributed by atoms with E-state index in [2.05, 4.69) is 0 Å². The summed E-state index contributed by atoms with van der Waals surface area (Å²) in [7, 11) is 0. The van der Waals surface area contributed by atoms with Gasteiger partial charge in [0.1, 0.15) is 5.60 Å². The summed E-state index contributed by atoms with van der Waals surface area (Å²) in [6, 6.07) is 9.76. The quantitative estimate of drug-likeness (QED) is 0.903. The second-order valence-electron chi connectivity index (χ2n) is 6.23. The summed E-state index contributed by atoms with van der Waals surface area (Å²) in [4.78, 5) is 14.1. The Balaban J connectivity index is 2.22. The molecule has 110 valence electrons. The van der Waals surface area contributed by atoms with Gasteiger partial charge in [0.25, 0.3) is 0 Å². The molecule has 1 aromatic carbocycles. The lowest BCUT2D eigenvalue weighted by atomic mass is 10.1. The van der Waals surface area contributed by atoms with Crippen LogP contribution in [0.15, 0.2) is 30.3 Å².